The molecule has 8 heteroatoms. The van der Waals surface area contributed by atoms with Crippen LogP contribution in [-0.4, -0.2) is 86.2 Å². The molecule has 1 aromatic heterocycles. The number of hydrogen-bond donors (Lipinski definition) is 1. The molecular formula is C29H37N7O. The van der Waals surface area contributed by atoms with Crippen molar-refractivity contribution in [1.82, 2.24) is 20.2 Å². The molecule has 3 saturated heterocycles. The van der Waals surface area contributed by atoms with Crippen LogP contribution in [0.5, 0.6) is 0 Å². The second kappa shape index (κ2) is 10.9. The topological polar surface area (TPSA) is 67.8 Å². The highest BCUT2D eigenvalue weighted by Crippen LogP contribution is 2.27. The molecule has 3 fully saturated rings. The van der Waals surface area contributed by atoms with Gasteiger partial charge in [0.05, 0.1) is 0 Å². The van der Waals surface area contributed by atoms with Gasteiger partial charge in [0.2, 0.25) is 5.95 Å². The summed E-state index contributed by atoms with van der Waals surface area (Å²) < 4.78 is 0. The zero-order valence-corrected chi connectivity index (χ0v) is 21.6. The molecule has 37 heavy (non-hydrogen) atoms. The number of rotatable bonds is 7. The predicted octanol–water partition coefficient (Wildman–Crippen LogP) is 3.38. The van der Waals surface area contributed by atoms with Crippen LogP contribution in [0, 0.1) is 0 Å². The molecule has 2 aromatic carbocycles. The highest BCUT2D eigenvalue weighted by Gasteiger charge is 2.24. The lowest BCUT2D eigenvalue weighted by Gasteiger charge is -2.36. The molecule has 0 spiro atoms. The van der Waals surface area contributed by atoms with Crippen LogP contribution in [0.4, 0.5) is 17.6 Å². The van der Waals surface area contributed by atoms with Gasteiger partial charge < -0.3 is 20.0 Å². The molecule has 0 radical (unpaired) electrons. The molecule has 0 unspecified atom stereocenters. The van der Waals surface area contributed by atoms with Gasteiger partial charge in [0.25, 0.3) is 5.91 Å². The lowest BCUT2D eigenvalue weighted by atomic mass is 10.1. The Morgan fingerprint density at radius 1 is 0.703 bits per heavy atom. The summed E-state index contributed by atoms with van der Waals surface area (Å²) in [7, 11) is 0. The fourth-order valence-corrected chi connectivity index (χ4v) is 5.70. The number of nitrogens with one attached hydrogen (secondary N) is 1. The number of amides is 1. The van der Waals surface area contributed by atoms with Gasteiger partial charge in [0, 0.05) is 77.1 Å². The maximum Gasteiger partial charge on any atom is 0.251 e. The zero-order chi connectivity index (χ0) is 25.0. The van der Waals surface area contributed by atoms with Crippen molar-refractivity contribution in [2.45, 2.75) is 25.7 Å². The number of carbonyl (C=O) groups excluding carboxylic acids is 1. The molecule has 3 aliphatic heterocycles. The fraction of sp³-hybridized carbons (Fsp3) is 0.483. The van der Waals surface area contributed by atoms with Gasteiger partial charge in [0.1, 0.15) is 11.6 Å². The maximum absolute atomic E-state index is 12.7. The third-order valence-corrected chi connectivity index (χ3v) is 7.93. The number of anilines is 3. The molecule has 3 aliphatic rings. The molecule has 0 bridgehead atoms. The lowest BCUT2D eigenvalue weighted by Crippen LogP contribution is -2.48. The van der Waals surface area contributed by atoms with Crippen LogP contribution in [0.15, 0.2) is 48.5 Å². The van der Waals surface area contributed by atoms with E-state index in [1.165, 1.54) is 25.7 Å². The molecule has 3 aromatic rings. The summed E-state index contributed by atoms with van der Waals surface area (Å²) in [6.45, 7) is 9.61. The van der Waals surface area contributed by atoms with Crippen molar-refractivity contribution in [3.63, 3.8) is 0 Å². The van der Waals surface area contributed by atoms with Crippen molar-refractivity contribution >= 4 is 34.3 Å². The van der Waals surface area contributed by atoms with Gasteiger partial charge in [-0.15, -0.1) is 0 Å². The quantitative estimate of drug-likeness (QED) is 0.535. The number of piperazine rings is 1. The Morgan fingerprint density at radius 2 is 1.32 bits per heavy atom. The van der Waals surface area contributed by atoms with Gasteiger partial charge >= 0.3 is 0 Å². The van der Waals surface area contributed by atoms with Crippen molar-refractivity contribution < 1.29 is 4.79 Å². The average Bonchev–Trinajstić information content (AvgIpc) is 3.68. The molecule has 0 aliphatic carbocycles. The summed E-state index contributed by atoms with van der Waals surface area (Å²) in [4.78, 5) is 32.3. The van der Waals surface area contributed by atoms with E-state index in [0.717, 1.165) is 92.8 Å². The van der Waals surface area contributed by atoms with Crippen molar-refractivity contribution in [2.24, 2.45) is 0 Å². The second-order valence-electron chi connectivity index (χ2n) is 10.4. The Morgan fingerprint density at radius 3 is 2.03 bits per heavy atom. The third kappa shape index (κ3) is 5.49. The average molecular weight is 500 g/mol. The molecule has 1 amide bonds. The van der Waals surface area contributed by atoms with Crippen LogP contribution in [-0.2, 0) is 0 Å². The van der Waals surface area contributed by atoms with Gasteiger partial charge in [-0.05, 0) is 48.6 Å². The number of hydrogen-bond acceptors (Lipinski definition) is 7. The lowest BCUT2D eigenvalue weighted by molar-refractivity contribution is 0.0948. The van der Waals surface area contributed by atoms with Crippen LogP contribution in [0.25, 0.3) is 10.8 Å². The Hall–Kier alpha value is -3.39. The summed E-state index contributed by atoms with van der Waals surface area (Å²) in [6, 6.07) is 16.2. The van der Waals surface area contributed by atoms with E-state index in [0.29, 0.717) is 6.54 Å². The molecule has 6 rings (SSSR count). The van der Waals surface area contributed by atoms with E-state index in [2.05, 4.69) is 37.0 Å². The van der Waals surface area contributed by atoms with Crippen molar-refractivity contribution in [2.75, 3.05) is 80.1 Å². The van der Waals surface area contributed by atoms with Crippen LogP contribution in [0.3, 0.4) is 0 Å². The van der Waals surface area contributed by atoms with E-state index < -0.39 is 0 Å². The van der Waals surface area contributed by atoms with Crippen LogP contribution < -0.4 is 20.0 Å². The summed E-state index contributed by atoms with van der Waals surface area (Å²) in [5, 5.41) is 5.35. The van der Waals surface area contributed by atoms with E-state index in [-0.39, 0.29) is 5.91 Å². The van der Waals surface area contributed by atoms with E-state index in [9.17, 15) is 4.79 Å². The highest BCUT2D eigenvalue weighted by molar-refractivity contribution is 5.98. The summed E-state index contributed by atoms with van der Waals surface area (Å²) in [6.07, 6.45) is 4.94. The Balaban J connectivity index is 1.04. The molecule has 194 valence electrons. The molecule has 1 N–H and O–H groups in total. The van der Waals surface area contributed by atoms with Gasteiger partial charge in [-0.3, -0.25) is 9.69 Å². The molecule has 0 atom stereocenters. The first-order valence-corrected chi connectivity index (χ1v) is 13.9. The fourth-order valence-electron chi connectivity index (χ4n) is 5.70. The molecular weight excluding hydrogens is 462 g/mol. The number of benzene rings is 2. The normalized spacial score (nSPS) is 18.6. The Bertz CT molecular complexity index is 1190. The summed E-state index contributed by atoms with van der Waals surface area (Å²) >= 11 is 0. The van der Waals surface area contributed by atoms with Gasteiger partial charge in [-0.2, -0.15) is 9.97 Å². The first-order chi connectivity index (χ1) is 18.2. The predicted molar refractivity (Wildman–Crippen MR) is 150 cm³/mol. The number of aromatic nitrogens is 2. The monoisotopic (exact) mass is 499 g/mol. The largest absolute Gasteiger partial charge is 0.356 e. The minimum Gasteiger partial charge on any atom is -0.356 e. The van der Waals surface area contributed by atoms with Gasteiger partial charge in [-0.25, -0.2) is 0 Å². The number of nitrogens with zero attached hydrogens (tertiary/aromatic N) is 6. The van der Waals surface area contributed by atoms with Crippen LogP contribution >= 0.6 is 0 Å². The number of fused-ring (bicyclic) bond motifs is 1. The van der Waals surface area contributed by atoms with E-state index >= 15 is 0 Å². The van der Waals surface area contributed by atoms with Crippen LogP contribution in [0.1, 0.15) is 36.0 Å². The van der Waals surface area contributed by atoms with Crippen molar-refractivity contribution in [3.8, 4) is 0 Å². The van der Waals surface area contributed by atoms with E-state index in [1.807, 2.05) is 36.4 Å². The highest BCUT2D eigenvalue weighted by atomic mass is 16.1. The summed E-state index contributed by atoms with van der Waals surface area (Å²) in [5.74, 6) is 3.04. The standard InChI is InChI=1S/C29H37N7O/c37-28(25-10-9-23-7-1-2-8-24(23)21-25)30-11-16-33-17-19-35(20-18-33)27-22-26(34-12-3-4-13-34)31-29(32-27)36-14-5-6-15-36/h1-2,7-10,21-22H,3-6,11-20H2,(H,30,37). The van der Waals surface area contributed by atoms with E-state index in [1.54, 1.807) is 0 Å². The molecule has 0 saturated carbocycles. The molecule has 8 nitrogen and oxygen atoms in total. The first kappa shape index (κ1) is 24.0. The van der Waals surface area contributed by atoms with Gasteiger partial charge in [0.15, 0.2) is 0 Å². The Kier molecular flexibility index (Phi) is 7.08. The van der Waals surface area contributed by atoms with Crippen molar-refractivity contribution in [1.29, 1.82) is 0 Å². The Labute approximate surface area is 219 Å². The summed E-state index contributed by atoms with van der Waals surface area (Å²) in [5.41, 5.74) is 0.717. The zero-order valence-electron chi connectivity index (χ0n) is 21.6. The SMILES string of the molecule is O=C(NCCN1CCN(c2cc(N3CCCC3)nc(N3CCCC3)n2)CC1)c1ccc2ccccc2c1. The van der Waals surface area contributed by atoms with E-state index in [4.69, 9.17) is 9.97 Å². The van der Waals surface area contributed by atoms with Crippen LogP contribution in [0.2, 0.25) is 0 Å². The third-order valence-electron chi connectivity index (χ3n) is 7.93. The molecule has 4 heterocycles. The van der Waals surface area contributed by atoms with Gasteiger partial charge in [-0.1, -0.05) is 30.3 Å². The minimum absolute atomic E-state index is 0.00532. The van der Waals surface area contributed by atoms with Crippen molar-refractivity contribution in [3.05, 3.63) is 54.1 Å². The number of carbonyl (C=O) groups is 1. The smallest absolute Gasteiger partial charge is 0.251 e. The maximum atomic E-state index is 12.7. The minimum atomic E-state index is -0.00532. The first-order valence-electron chi connectivity index (χ1n) is 13.9. The second-order valence-corrected chi connectivity index (χ2v) is 10.4.